The van der Waals surface area contributed by atoms with E-state index in [1.807, 2.05) is 30.1 Å². The van der Waals surface area contributed by atoms with Gasteiger partial charge in [0.1, 0.15) is 0 Å². The van der Waals surface area contributed by atoms with Crippen molar-refractivity contribution in [1.29, 1.82) is 0 Å². The Morgan fingerprint density at radius 2 is 2.19 bits per heavy atom. The number of nitrogens with two attached hydrogens (primary N) is 1. The Hall–Kier alpha value is -2.83. The highest BCUT2D eigenvalue weighted by Crippen LogP contribution is 2.40. The third kappa shape index (κ3) is 2.64. The second-order valence-electron chi connectivity index (χ2n) is 7.77. The molecular weight excluding hydrogens is 328 g/mol. The molecule has 0 unspecified atom stereocenters. The zero-order chi connectivity index (χ0) is 18.5. The van der Waals surface area contributed by atoms with Crippen molar-refractivity contribution in [3.63, 3.8) is 0 Å². The molecule has 0 radical (unpaired) electrons. The minimum Gasteiger partial charge on any atom is -0.379 e. The van der Waals surface area contributed by atoms with E-state index in [1.165, 1.54) is 12.8 Å². The number of anilines is 1. The van der Waals surface area contributed by atoms with E-state index in [-0.39, 0.29) is 5.41 Å². The molecule has 1 fully saturated rings. The van der Waals surface area contributed by atoms with Crippen molar-refractivity contribution in [1.82, 2.24) is 19.4 Å². The molecule has 136 valence electrons. The van der Waals surface area contributed by atoms with Gasteiger partial charge in [0.15, 0.2) is 0 Å². The van der Waals surface area contributed by atoms with Crippen molar-refractivity contribution in [3.8, 4) is 11.3 Å². The molecule has 7 heteroatoms. The van der Waals surface area contributed by atoms with Gasteiger partial charge in [-0.3, -0.25) is 9.48 Å². The lowest BCUT2D eigenvalue weighted by atomic mass is 9.87. The lowest BCUT2D eigenvalue weighted by Crippen LogP contribution is -2.32. The Kier molecular flexibility index (Phi) is 3.75. The first kappa shape index (κ1) is 16.6. The monoisotopic (exact) mass is 352 g/mol. The molecule has 0 aromatic carbocycles. The third-order valence-corrected chi connectivity index (χ3v) is 5.60. The highest BCUT2D eigenvalue weighted by Gasteiger charge is 2.35. The van der Waals surface area contributed by atoms with Gasteiger partial charge in [-0.25, -0.2) is 4.52 Å². The van der Waals surface area contributed by atoms with Crippen molar-refractivity contribution < 1.29 is 4.79 Å². The third-order valence-electron chi connectivity index (χ3n) is 5.60. The Labute approximate surface area is 152 Å². The summed E-state index contributed by atoms with van der Waals surface area (Å²) in [4.78, 5) is 12.0. The average Bonchev–Trinajstić information content (AvgIpc) is 3.26. The molecule has 1 aliphatic carbocycles. The molecule has 1 atom stereocenters. The number of primary amides is 1. The minimum atomic E-state index is -0.471. The fourth-order valence-corrected chi connectivity index (χ4v) is 3.96. The quantitative estimate of drug-likeness (QED) is 0.755. The SMILES string of the molecule is Cn1nccc1-c1cc2c(N[C@@H]3CCCC3(C)C)c(C(N)=O)cnn2c1. The summed E-state index contributed by atoms with van der Waals surface area (Å²) < 4.78 is 3.61. The van der Waals surface area contributed by atoms with Gasteiger partial charge in [-0.15, -0.1) is 0 Å². The van der Waals surface area contributed by atoms with Gasteiger partial charge >= 0.3 is 0 Å². The van der Waals surface area contributed by atoms with Crippen LogP contribution >= 0.6 is 0 Å². The van der Waals surface area contributed by atoms with Crippen LogP contribution in [0.1, 0.15) is 43.5 Å². The zero-order valence-corrected chi connectivity index (χ0v) is 15.4. The van der Waals surface area contributed by atoms with Crippen LogP contribution in [0.15, 0.2) is 30.7 Å². The number of fused-ring (bicyclic) bond motifs is 1. The van der Waals surface area contributed by atoms with Crippen molar-refractivity contribution in [2.75, 3.05) is 5.32 Å². The second-order valence-corrected chi connectivity index (χ2v) is 7.77. The fourth-order valence-electron chi connectivity index (χ4n) is 3.96. The lowest BCUT2D eigenvalue weighted by molar-refractivity contribution is 0.100. The number of carbonyl (C=O) groups is 1. The highest BCUT2D eigenvalue weighted by atomic mass is 16.1. The topological polar surface area (TPSA) is 90.2 Å². The van der Waals surface area contributed by atoms with Gasteiger partial charge in [0, 0.05) is 31.0 Å². The van der Waals surface area contributed by atoms with E-state index in [0.29, 0.717) is 11.6 Å². The lowest BCUT2D eigenvalue weighted by Gasteiger charge is -2.29. The maximum Gasteiger partial charge on any atom is 0.252 e. The number of hydrogen-bond donors (Lipinski definition) is 2. The summed E-state index contributed by atoms with van der Waals surface area (Å²) in [6, 6.07) is 4.28. The summed E-state index contributed by atoms with van der Waals surface area (Å²) in [5.41, 5.74) is 9.82. The van der Waals surface area contributed by atoms with Crippen LogP contribution in [-0.2, 0) is 7.05 Å². The van der Waals surface area contributed by atoms with E-state index in [1.54, 1.807) is 16.9 Å². The predicted octanol–water partition coefficient (Wildman–Crippen LogP) is 2.82. The molecule has 7 nitrogen and oxygen atoms in total. The second kappa shape index (κ2) is 5.86. The van der Waals surface area contributed by atoms with Crippen LogP contribution in [0, 0.1) is 5.41 Å². The first-order chi connectivity index (χ1) is 12.4. The number of amides is 1. The van der Waals surface area contributed by atoms with Crippen LogP contribution in [0.3, 0.4) is 0 Å². The smallest absolute Gasteiger partial charge is 0.252 e. The summed E-state index contributed by atoms with van der Waals surface area (Å²) in [7, 11) is 1.90. The highest BCUT2D eigenvalue weighted by molar-refractivity contribution is 6.02. The van der Waals surface area contributed by atoms with E-state index >= 15 is 0 Å². The first-order valence-electron chi connectivity index (χ1n) is 8.93. The molecule has 0 saturated heterocycles. The van der Waals surface area contributed by atoms with Crippen molar-refractivity contribution in [2.24, 2.45) is 18.2 Å². The number of aryl methyl sites for hydroxylation is 1. The molecule has 3 aromatic rings. The number of nitrogens with zero attached hydrogens (tertiary/aromatic N) is 4. The predicted molar refractivity (Wildman–Crippen MR) is 101 cm³/mol. The van der Waals surface area contributed by atoms with Gasteiger partial charge in [0.05, 0.1) is 28.7 Å². The van der Waals surface area contributed by atoms with E-state index in [0.717, 1.165) is 28.9 Å². The Morgan fingerprint density at radius 3 is 2.81 bits per heavy atom. The molecule has 0 aliphatic heterocycles. The first-order valence-corrected chi connectivity index (χ1v) is 8.93. The molecular formula is C19H24N6O. The Morgan fingerprint density at radius 1 is 1.38 bits per heavy atom. The van der Waals surface area contributed by atoms with Gasteiger partial charge in [0.2, 0.25) is 0 Å². The van der Waals surface area contributed by atoms with Gasteiger partial charge in [-0.05, 0) is 30.4 Å². The molecule has 1 saturated carbocycles. The van der Waals surface area contributed by atoms with Crippen molar-refractivity contribution in [2.45, 2.75) is 39.2 Å². The molecule has 3 heterocycles. The van der Waals surface area contributed by atoms with Gasteiger partial charge in [-0.1, -0.05) is 20.3 Å². The average molecular weight is 352 g/mol. The summed E-state index contributed by atoms with van der Waals surface area (Å²) >= 11 is 0. The minimum absolute atomic E-state index is 0.173. The van der Waals surface area contributed by atoms with Crippen LogP contribution in [0.5, 0.6) is 0 Å². The van der Waals surface area contributed by atoms with Crippen LogP contribution in [0.25, 0.3) is 16.8 Å². The molecule has 26 heavy (non-hydrogen) atoms. The van der Waals surface area contributed by atoms with E-state index < -0.39 is 5.91 Å². The molecule has 0 bridgehead atoms. The maximum absolute atomic E-state index is 12.0. The van der Waals surface area contributed by atoms with E-state index in [2.05, 4.69) is 29.4 Å². The van der Waals surface area contributed by atoms with E-state index in [4.69, 9.17) is 5.73 Å². The normalized spacial score (nSPS) is 19.1. The Balaban J connectivity index is 1.85. The Bertz CT molecular complexity index is 983. The molecule has 1 aliphatic rings. The number of aromatic nitrogens is 4. The van der Waals surface area contributed by atoms with Crippen LogP contribution in [0.4, 0.5) is 5.69 Å². The largest absolute Gasteiger partial charge is 0.379 e. The zero-order valence-electron chi connectivity index (χ0n) is 15.4. The van der Waals surface area contributed by atoms with Crippen molar-refractivity contribution in [3.05, 3.63) is 36.3 Å². The molecule has 3 N–H and O–H groups in total. The molecule has 0 spiro atoms. The number of carbonyl (C=O) groups excluding carboxylic acids is 1. The fraction of sp³-hybridized carbons (Fsp3) is 0.421. The summed E-state index contributed by atoms with van der Waals surface area (Å²) in [5.74, 6) is -0.471. The van der Waals surface area contributed by atoms with Crippen LogP contribution in [-0.4, -0.2) is 31.3 Å². The molecule has 3 aromatic heterocycles. The van der Waals surface area contributed by atoms with Crippen molar-refractivity contribution >= 4 is 17.1 Å². The summed E-state index contributed by atoms with van der Waals surface area (Å²) in [6.07, 6.45) is 8.68. The number of nitrogens with one attached hydrogen (secondary N) is 1. The van der Waals surface area contributed by atoms with Gasteiger partial charge in [-0.2, -0.15) is 10.2 Å². The summed E-state index contributed by atoms with van der Waals surface area (Å²) in [5, 5.41) is 12.2. The summed E-state index contributed by atoms with van der Waals surface area (Å²) in [6.45, 7) is 4.53. The molecule has 1 amide bonds. The van der Waals surface area contributed by atoms with E-state index in [9.17, 15) is 4.79 Å². The van der Waals surface area contributed by atoms with Crippen LogP contribution in [0.2, 0.25) is 0 Å². The van der Waals surface area contributed by atoms with Crippen LogP contribution < -0.4 is 11.1 Å². The standard InChI is InChI=1S/C19H24N6O/c1-19(2)7-4-5-16(19)23-17-13(18(20)26)10-22-25-11-12(9-15(17)25)14-6-8-21-24(14)3/h6,8-11,16,23H,4-5,7H2,1-3H3,(H2,20,26)/t16-/m1/s1. The number of rotatable bonds is 4. The number of hydrogen-bond acceptors (Lipinski definition) is 4. The van der Waals surface area contributed by atoms with Gasteiger partial charge in [0.25, 0.3) is 5.91 Å². The maximum atomic E-state index is 12.0. The van der Waals surface area contributed by atoms with Gasteiger partial charge < -0.3 is 11.1 Å². The molecule has 4 rings (SSSR count).